The molecule has 1 heterocycles. The highest BCUT2D eigenvalue weighted by Crippen LogP contribution is 2.28. The number of carbonyl (C=O) groups excluding carboxylic acids is 1. The second-order valence-electron chi connectivity index (χ2n) is 4.50. The number of hydrogen-bond acceptors (Lipinski definition) is 5. The molecule has 1 N–H and O–H groups in total. The molecule has 122 valence electrons. The van der Waals surface area contributed by atoms with Crippen LogP contribution in [0.2, 0.25) is 9.36 Å². The zero-order chi connectivity index (χ0) is 17.0. The van der Waals surface area contributed by atoms with Crippen molar-refractivity contribution in [2.45, 2.75) is 6.10 Å². The molecule has 1 unspecified atom stereocenters. The first-order chi connectivity index (χ1) is 10.9. The van der Waals surface area contributed by atoms with Gasteiger partial charge in [0.05, 0.1) is 9.26 Å². The molecule has 1 aromatic carbocycles. The van der Waals surface area contributed by atoms with Gasteiger partial charge in [-0.3, -0.25) is 14.9 Å². The second-order valence-corrected chi connectivity index (χ2v) is 6.65. The van der Waals surface area contributed by atoms with Crippen LogP contribution in [0.25, 0.3) is 0 Å². The summed E-state index contributed by atoms with van der Waals surface area (Å²) in [4.78, 5) is 23.2. The lowest BCUT2D eigenvalue weighted by atomic mass is 10.2. The summed E-state index contributed by atoms with van der Waals surface area (Å²) in [5.41, 5.74) is -0.159. The van der Waals surface area contributed by atoms with Gasteiger partial charge in [0.15, 0.2) is 0 Å². The third-order valence-corrected chi connectivity index (χ3v) is 4.69. The van der Waals surface area contributed by atoms with E-state index in [2.05, 4.69) is 5.32 Å². The number of hydrogen-bond donors (Lipinski definition) is 1. The number of benzene rings is 1. The van der Waals surface area contributed by atoms with Crippen molar-refractivity contribution in [3.8, 4) is 0 Å². The first-order valence-corrected chi connectivity index (χ1v) is 7.99. The zero-order valence-corrected chi connectivity index (χ0v) is 14.2. The fourth-order valence-electron chi connectivity index (χ4n) is 1.88. The van der Waals surface area contributed by atoms with Crippen LogP contribution in [0.4, 0.5) is 5.69 Å². The van der Waals surface area contributed by atoms with Gasteiger partial charge in [-0.1, -0.05) is 23.2 Å². The molecule has 0 radical (unpaired) electrons. The first-order valence-electron chi connectivity index (χ1n) is 6.42. The number of amides is 1. The van der Waals surface area contributed by atoms with Crippen LogP contribution in [0, 0.1) is 10.1 Å². The van der Waals surface area contributed by atoms with E-state index in [0.717, 1.165) is 10.9 Å². The molecular weight excluding hydrogens is 363 g/mol. The molecule has 1 aromatic heterocycles. The molecule has 2 rings (SSSR count). The van der Waals surface area contributed by atoms with E-state index in [4.69, 9.17) is 27.9 Å². The van der Waals surface area contributed by atoms with Crippen LogP contribution in [-0.4, -0.2) is 24.5 Å². The molecule has 2 aromatic rings. The topological polar surface area (TPSA) is 81.5 Å². The molecule has 0 spiro atoms. The van der Waals surface area contributed by atoms with Gasteiger partial charge in [0.25, 0.3) is 11.6 Å². The maximum absolute atomic E-state index is 12.1. The number of methoxy groups -OCH3 is 1. The predicted octanol–water partition coefficient (Wildman–Crippen LogP) is 4.08. The van der Waals surface area contributed by atoms with E-state index in [1.807, 2.05) is 6.07 Å². The molecule has 0 saturated heterocycles. The van der Waals surface area contributed by atoms with Crippen LogP contribution in [0.1, 0.15) is 21.3 Å². The Hall–Kier alpha value is -1.67. The highest BCUT2D eigenvalue weighted by atomic mass is 35.5. The lowest BCUT2D eigenvalue weighted by Crippen LogP contribution is -2.28. The summed E-state index contributed by atoms with van der Waals surface area (Å²) >= 11 is 13.0. The van der Waals surface area contributed by atoms with Gasteiger partial charge >= 0.3 is 0 Å². The number of nitrogens with one attached hydrogen (secondary N) is 1. The standard InChI is InChI=1S/C14H12Cl2N2O4S/c1-22-11(12-4-5-13(16)23-12)7-17-14(19)8-2-3-9(15)10(6-8)18(20)21/h2-6,11H,7H2,1H3,(H,17,19). The van der Waals surface area contributed by atoms with Crippen LogP contribution in [0.15, 0.2) is 30.3 Å². The summed E-state index contributed by atoms with van der Waals surface area (Å²) in [5.74, 6) is -0.450. The number of nitro groups is 1. The van der Waals surface area contributed by atoms with Crippen molar-refractivity contribution in [1.82, 2.24) is 5.32 Å². The SMILES string of the molecule is COC(CNC(=O)c1ccc(Cl)c([N+](=O)[O-])c1)c1ccc(Cl)s1. The lowest BCUT2D eigenvalue weighted by Gasteiger charge is -2.14. The Morgan fingerprint density at radius 2 is 2.13 bits per heavy atom. The largest absolute Gasteiger partial charge is 0.374 e. The minimum atomic E-state index is -0.634. The fraction of sp³-hybridized carbons (Fsp3) is 0.214. The van der Waals surface area contributed by atoms with Crippen LogP contribution in [0.5, 0.6) is 0 Å². The molecular formula is C14H12Cl2N2O4S. The number of nitro benzene ring substituents is 1. The molecule has 0 bridgehead atoms. The quantitative estimate of drug-likeness (QED) is 0.609. The number of carbonyl (C=O) groups is 1. The number of rotatable bonds is 6. The second kappa shape index (κ2) is 7.74. The van der Waals surface area contributed by atoms with Gasteiger partial charge in [0.2, 0.25) is 0 Å². The third-order valence-electron chi connectivity index (χ3n) is 3.05. The Balaban J connectivity index is 2.07. The highest BCUT2D eigenvalue weighted by Gasteiger charge is 2.18. The van der Waals surface area contributed by atoms with Gasteiger partial charge in [0.1, 0.15) is 11.1 Å². The van der Waals surface area contributed by atoms with Gasteiger partial charge in [0, 0.05) is 30.2 Å². The van der Waals surface area contributed by atoms with Gasteiger partial charge in [-0.25, -0.2) is 0 Å². The smallest absolute Gasteiger partial charge is 0.288 e. The van der Waals surface area contributed by atoms with Crippen LogP contribution >= 0.6 is 34.5 Å². The summed E-state index contributed by atoms with van der Waals surface area (Å²) in [6, 6.07) is 7.45. The summed E-state index contributed by atoms with van der Waals surface area (Å²) in [7, 11) is 1.53. The number of nitrogens with zero attached hydrogens (tertiary/aromatic N) is 1. The van der Waals surface area contributed by atoms with Crippen LogP contribution < -0.4 is 5.32 Å². The molecule has 0 aliphatic heterocycles. The molecule has 0 aliphatic carbocycles. The number of halogens is 2. The maximum atomic E-state index is 12.1. The molecule has 0 aliphatic rings. The molecule has 23 heavy (non-hydrogen) atoms. The molecule has 1 atom stereocenters. The predicted molar refractivity (Wildman–Crippen MR) is 89.5 cm³/mol. The zero-order valence-electron chi connectivity index (χ0n) is 11.9. The Kier molecular flexibility index (Phi) is 5.95. The van der Waals surface area contributed by atoms with Gasteiger partial charge in [-0.15, -0.1) is 11.3 Å². The van der Waals surface area contributed by atoms with Crippen molar-refractivity contribution < 1.29 is 14.5 Å². The Bertz CT molecular complexity index is 735. The van der Waals surface area contributed by atoms with E-state index in [1.165, 1.54) is 30.6 Å². The minimum Gasteiger partial charge on any atom is -0.374 e. The van der Waals surface area contributed by atoms with Crippen LogP contribution in [0.3, 0.4) is 0 Å². The van der Waals surface area contributed by atoms with E-state index < -0.39 is 10.8 Å². The summed E-state index contributed by atoms with van der Waals surface area (Å²) in [6.45, 7) is 0.211. The van der Waals surface area contributed by atoms with Crippen molar-refractivity contribution in [2.24, 2.45) is 0 Å². The lowest BCUT2D eigenvalue weighted by molar-refractivity contribution is -0.384. The van der Waals surface area contributed by atoms with Crippen molar-refractivity contribution in [3.63, 3.8) is 0 Å². The molecule has 0 fully saturated rings. The molecule has 1 amide bonds. The van der Waals surface area contributed by atoms with Crippen molar-refractivity contribution >= 4 is 46.1 Å². The van der Waals surface area contributed by atoms with Gasteiger partial charge < -0.3 is 10.1 Å². The monoisotopic (exact) mass is 374 g/mol. The average Bonchev–Trinajstić information content (AvgIpc) is 2.94. The van der Waals surface area contributed by atoms with Crippen molar-refractivity contribution in [1.29, 1.82) is 0 Å². The number of ether oxygens (including phenoxy) is 1. The summed E-state index contributed by atoms with van der Waals surface area (Å²) in [6.07, 6.45) is -0.348. The average molecular weight is 375 g/mol. The van der Waals surface area contributed by atoms with Crippen molar-refractivity contribution in [2.75, 3.05) is 13.7 Å². The first kappa shape index (κ1) is 17.7. The third kappa shape index (κ3) is 4.42. The molecule has 9 heteroatoms. The fourth-order valence-corrected chi connectivity index (χ4v) is 3.21. The maximum Gasteiger partial charge on any atom is 0.288 e. The van der Waals surface area contributed by atoms with Crippen LogP contribution in [-0.2, 0) is 4.74 Å². The highest BCUT2D eigenvalue weighted by molar-refractivity contribution is 7.16. The summed E-state index contributed by atoms with van der Waals surface area (Å²) < 4.78 is 5.95. The van der Waals surface area contributed by atoms with Gasteiger partial charge in [-0.2, -0.15) is 0 Å². The minimum absolute atomic E-state index is 0.0189. The Morgan fingerprint density at radius 1 is 1.39 bits per heavy atom. The van der Waals surface area contributed by atoms with E-state index in [-0.39, 0.29) is 28.9 Å². The van der Waals surface area contributed by atoms with E-state index >= 15 is 0 Å². The Labute approximate surface area is 146 Å². The molecule has 0 saturated carbocycles. The normalized spacial score (nSPS) is 12.0. The Morgan fingerprint density at radius 3 is 2.70 bits per heavy atom. The van der Waals surface area contributed by atoms with E-state index in [0.29, 0.717) is 4.34 Å². The summed E-state index contributed by atoms with van der Waals surface area (Å²) in [5, 5.41) is 13.5. The number of thiophene rings is 1. The van der Waals surface area contributed by atoms with Crippen molar-refractivity contribution in [3.05, 3.63) is 60.2 Å². The van der Waals surface area contributed by atoms with E-state index in [1.54, 1.807) is 6.07 Å². The molecule has 6 nitrogen and oxygen atoms in total. The van der Waals surface area contributed by atoms with Gasteiger partial charge in [-0.05, 0) is 24.3 Å². The van der Waals surface area contributed by atoms with E-state index in [9.17, 15) is 14.9 Å².